The van der Waals surface area contributed by atoms with Crippen LogP contribution < -0.4 is 0 Å². The molecule has 2 nitrogen and oxygen atoms in total. The lowest BCUT2D eigenvalue weighted by Gasteiger charge is -2.39. The zero-order chi connectivity index (χ0) is 15.5. The molecule has 0 radical (unpaired) electrons. The van der Waals surface area contributed by atoms with Crippen molar-refractivity contribution in [2.45, 2.75) is 86.0 Å². The fraction of sp³-hybridized carbons (Fsp3) is 1.00. The Balaban J connectivity index is 3.33. The highest BCUT2D eigenvalue weighted by Crippen LogP contribution is 2.41. The Morgan fingerprint density at radius 1 is 0.700 bits per heavy atom. The van der Waals surface area contributed by atoms with Crippen molar-refractivity contribution in [3.05, 3.63) is 0 Å². The molecule has 20 heavy (non-hydrogen) atoms. The first-order valence-corrected chi connectivity index (χ1v) is 8.50. The molecule has 0 saturated heterocycles. The maximum absolute atomic E-state index is 8.57. The van der Waals surface area contributed by atoms with Gasteiger partial charge in [-0.25, -0.2) is 0 Å². The van der Waals surface area contributed by atoms with Crippen molar-refractivity contribution in [2.75, 3.05) is 19.8 Å². The minimum absolute atomic E-state index is 0.144. The van der Waals surface area contributed by atoms with Crippen molar-refractivity contribution in [2.24, 2.45) is 10.8 Å². The van der Waals surface area contributed by atoms with E-state index in [9.17, 15) is 0 Å². The van der Waals surface area contributed by atoms with Crippen LogP contribution in [0.15, 0.2) is 0 Å². The van der Waals surface area contributed by atoms with Gasteiger partial charge in [-0.15, -0.1) is 0 Å². The molecule has 0 heterocycles. The van der Waals surface area contributed by atoms with Crippen LogP contribution in [0.2, 0.25) is 0 Å². The number of hydrogen-bond acceptors (Lipinski definition) is 2. The second-order valence-corrected chi connectivity index (χ2v) is 7.69. The summed E-state index contributed by atoms with van der Waals surface area (Å²) in [4.78, 5) is 0. The van der Waals surface area contributed by atoms with E-state index < -0.39 is 0 Å². The summed E-state index contributed by atoms with van der Waals surface area (Å²) in [6, 6.07) is 0. The molecule has 0 aromatic rings. The number of hydrogen-bond donors (Lipinski definition) is 1. The number of rotatable bonds is 12. The van der Waals surface area contributed by atoms with E-state index in [-0.39, 0.29) is 6.61 Å². The van der Waals surface area contributed by atoms with E-state index >= 15 is 0 Å². The summed E-state index contributed by atoms with van der Waals surface area (Å²) >= 11 is 0. The minimum atomic E-state index is 0.144. The van der Waals surface area contributed by atoms with E-state index in [1.54, 1.807) is 0 Å². The first kappa shape index (κ1) is 19.9. The number of aliphatic hydroxyl groups excluding tert-OH is 1. The zero-order valence-electron chi connectivity index (χ0n) is 14.6. The summed E-state index contributed by atoms with van der Waals surface area (Å²) in [5, 5.41) is 8.57. The molecule has 122 valence electrons. The van der Waals surface area contributed by atoms with Gasteiger partial charge in [-0.2, -0.15) is 0 Å². The van der Waals surface area contributed by atoms with Gasteiger partial charge in [0.2, 0.25) is 0 Å². The average Bonchev–Trinajstić information content (AvgIpc) is 2.34. The Morgan fingerprint density at radius 2 is 1.20 bits per heavy atom. The van der Waals surface area contributed by atoms with E-state index in [2.05, 4.69) is 34.6 Å². The van der Waals surface area contributed by atoms with E-state index in [0.717, 1.165) is 13.0 Å². The van der Waals surface area contributed by atoms with Crippen LogP contribution in [0.5, 0.6) is 0 Å². The quantitative estimate of drug-likeness (QED) is 0.500. The Labute approximate surface area is 127 Å². The predicted molar refractivity (Wildman–Crippen MR) is 88.1 cm³/mol. The lowest BCUT2D eigenvalue weighted by molar-refractivity contribution is 0.0895. The van der Waals surface area contributed by atoms with Crippen molar-refractivity contribution < 1.29 is 9.84 Å². The fourth-order valence-corrected chi connectivity index (χ4v) is 2.20. The van der Waals surface area contributed by atoms with Gasteiger partial charge in [0, 0.05) is 6.61 Å². The van der Waals surface area contributed by atoms with Gasteiger partial charge >= 0.3 is 0 Å². The first-order valence-electron chi connectivity index (χ1n) is 8.50. The van der Waals surface area contributed by atoms with E-state index in [1.807, 2.05) is 0 Å². The maximum Gasteiger partial charge on any atom is 0.0697 e. The molecule has 0 fully saturated rings. The second kappa shape index (κ2) is 10.6. The third-order valence-electron chi connectivity index (χ3n) is 4.86. The molecule has 0 unspecified atom stereocenters. The van der Waals surface area contributed by atoms with Gasteiger partial charge in [-0.05, 0) is 23.7 Å². The molecule has 0 spiro atoms. The van der Waals surface area contributed by atoms with Crippen molar-refractivity contribution >= 4 is 0 Å². The average molecular weight is 286 g/mol. The van der Waals surface area contributed by atoms with E-state index in [1.165, 1.54) is 44.9 Å². The topological polar surface area (TPSA) is 29.5 Å². The van der Waals surface area contributed by atoms with Crippen LogP contribution in [0.25, 0.3) is 0 Å². The van der Waals surface area contributed by atoms with Gasteiger partial charge in [0.25, 0.3) is 0 Å². The van der Waals surface area contributed by atoms with E-state index in [0.29, 0.717) is 17.4 Å². The third kappa shape index (κ3) is 9.77. The zero-order valence-corrected chi connectivity index (χ0v) is 14.6. The van der Waals surface area contributed by atoms with Crippen molar-refractivity contribution in [1.82, 2.24) is 0 Å². The molecule has 0 rings (SSSR count). The first-order chi connectivity index (χ1) is 9.31. The molecular formula is C18H38O2. The lowest BCUT2D eigenvalue weighted by atomic mass is 9.67. The predicted octanol–water partition coefficient (Wildman–Crippen LogP) is 5.19. The smallest absolute Gasteiger partial charge is 0.0697 e. The summed E-state index contributed by atoms with van der Waals surface area (Å²) in [5.41, 5.74) is 0.846. The maximum atomic E-state index is 8.57. The number of unbranched alkanes of at least 4 members (excludes halogenated alkanes) is 6. The normalized spacial score (nSPS) is 12.9. The Bertz CT molecular complexity index is 216. The monoisotopic (exact) mass is 286 g/mol. The molecule has 0 bridgehead atoms. The van der Waals surface area contributed by atoms with Crippen LogP contribution >= 0.6 is 0 Å². The lowest BCUT2D eigenvalue weighted by Crippen LogP contribution is -2.29. The molecule has 0 aliphatic carbocycles. The Morgan fingerprint density at radius 3 is 1.70 bits per heavy atom. The van der Waals surface area contributed by atoms with Gasteiger partial charge in [0.05, 0.1) is 13.2 Å². The van der Waals surface area contributed by atoms with Crippen LogP contribution in [0, 0.1) is 10.8 Å². The van der Waals surface area contributed by atoms with Gasteiger partial charge < -0.3 is 9.84 Å². The summed E-state index contributed by atoms with van der Waals surface area (Å²) in [7, 11) is 0. The van der Waals surface area contributed by atoms with Crippen LogP contribution in [0.1, 0.15) is 86.0 Å². The second-order valence-electron chi connectivity index (χ2n) is 7.69. The van der Waals surface area contributed by atoms with Crippen LogP contribution in [0.3, 0.4) is 0 Å². The van der Waals surface area contributed by atoms with Crippen molar-refractivity contribution in [3.8, 4) is 0 Å². The Hall–Kier alpha value is -0.0800. The molecule has 0 amide bonds. The summed E-state index contributed by atoms with van der Waals surface area (Å²) in [6.45, 7) is 13.3. The largest absolute Gasteiger partial charge is 0.394 e. The van der Waals surface area contributed by atoms with Crippen molar-refractivity contribution in [1.29, 1.82) is 0 Å². The molecular weight excluding hydrogens is 248 g/mol. The molecule has 0 aliphatic rings. The highest BCUT2D eigenvalue weighted by atomic mass is 16.5. The highest BCUT2D eigenvalue weighted by molar-refractivity contribution is 4.81. The molecule has 1 N–H and O–H groups in total. The summed E-state index contributed by atoms with van der Waals surface area (Å²) < 4.78 is 5.25. The minimum Gasteiger partial charge on any atom is -0.394 e. The van der Waals surface area contributed by atoms with E-state index in [4.69, 9.17) is 9.84 Å². The van der Waals surface area contributed by atoms with Crippen LogP contribution in [0.4, 0.5) is 0 Å². The van der Waals surface area contributed by atoms with Crippen molar-refractivity contribution in [3.63, 3.8) is 0 Å². The van der Waals surface area contributed by atoms with Gasteiger partial charge in [0.1, 0.15) is 0 Å². The van der Waals surface area contributed by atoms with Gasteiger partial charge in [-0.3, -0.25) is 0 Å². The van der Waals surface area contributed by atoms with Gasteiger partial charge in [-0.1, -0.05) is 73.1 Å². The SMILES string of the molecule is CC(C)(C)C(C)(C)CCCCCCCCCOCCO. The summed E-state index contributed by atoms with van der Waals surface area (Å²) in [5.74, 6) is 0. The van der Waals surface area contributed by atoms with Crippen LogP contribution in [-0.2, 0) is 4.74 Å². The molecule has 0 aromatic heterocycles. The molecule has 0 aromatic carbocycles. The number of aliphatic hydroxyl groups is 1. The molecule has 2 heteroatoms. The number of ether oxygens (including phenoxy) is 1. The highest BCUT2D eigenvalue weighted by Gasteiger charge is 2.31. The fourth-order valence-electron chi connectivity index (χ4n) is 2.20. The van der Waals surface area contributed by atoms with Gasteiger partial charge in [0.15, 0.2) is 0 Å². The van der Waals surface area contributed by atoms with Crippen LogP contribution in [-0.4, -0.2) is 24.9 Å². The third-order valence-corrected chi connectivity index (χ3v) is 4.86. The summed E-state index contributed by atoms with van der Waals surface area (Å²) in [6.07, 6.45) is 10.5. The standard InChI is InChI=1S/C18H38O2/c1-17(2,3)18(4,5)13-11-9-7-6-8-10-12-15-20-16-14-19/h19H,6-16H2,1-5H3. The molecule has 0 aliphatic heterocycles. The Kier molecular flexibility index (Phi) is 10.6. The molecule has 0 saturated carbocycles. The molecule has 0 atom stereocenters.